The average molecular weight is 260 g/mol. The molecule has 0 saturated heterocycles. The van der Waals surface area contributed by atoms with E-state index in [1.807, 2.05) is 24.3 Å². The maximum Gasteiger partial charge on any atom is 0.252 e. The third kappa shape index (κ3) is 2.79. The number of hydrogen-bond donors (Lipinski definition) is 2. The molecule has 1 unspecified atom stereocenters. The van der Waals surface area contributed by atoms with Gasteiger partial charge in [-0.2, -0.15) is 0 Å². The van der Waals surface area contributed by atoms with Crippen molar-refractivity contribution in [2.24, 2.45) is 7.05 Å². The number of nitrogens with one attached hydrogen (secondary N) is 1. The van der Waals surface area contributed by atoms with E-state index in [-0.39, 0.29) is 18.2 Å². The van der Waals surface area contributed by atoms with Crippen molar-refractivity contribution >= 4 is 16.6 Å². The van der Waals surface area contributed by atoms with Crippen molar-refractivity contribution < 1.29 is 5.11 Å². The van der Waals surface area contributed by atoms with E-state index in [1.165, 1.54) is 0 Å². The van der Waals surface area contributed by atoms with Crippen LogP contribution in [0.3, 0.4) is 0 Å². The molecule has 0 aliphatic carbocycles. The number of benzene rings is 1. The summed E-state index contributed by atoms with van der Waals surface area (Å²) in [7, 11) is 1.78. The van der Waals surface area contributed by atoms with E-state index in [4.69, 9.17) is 5.11 Å². The molecule has 1 aromatic heterocycles. The predicted octanol–water partition coefficient (Wildman–Crippen LogP) is 2.11. The molecule has 1 aromatic carbocycles. The lowest BCUT2D eigenvalue weighted by atomic mass is 10.1. The summed E-state index contributed by atoms with van der Waals surface area (Å²) in [6.07, 6.45) is 1.59. The summed E-state index contributed by atoms with van der Waals surface area (Å²) in [5, 5.41) is 13.4. The van der Waals surface area contributed by atoms with Gasteiger partial charge in [-0.05, 0) is 18.9 Å². The third-order valence-corrected chi connectivity index (χ3v) is 3.48. The number of hydrogen-bond acceptors (Lipinski definition) is 3. The number of para-hydroxylation sites is 1. The highest BCUT2D eigenvalue weighted by atomic mass is 16.3. The number of fused-ring (bicyclic) bond motifs is 1. The second kappa shape index (κ2) is 5.89. The Kier molecular flexibility index (Phi) is 4.22. The van der Waals surface area contributed by atoms with Crippen LogP contribution in [-0.4, -0.2) is 22.3 Å². The maximum atomic E-state index is 12.0. The minimum Gasteiger partial charge on any atom is -0.396 e. The number of nitrogens with zero attached hydrogens (tertiary/aromatic N) is 1. The Hall–Kier alpha value is -1.81. The van der Waals surface area contributed by atoms with Gasteiger partial charge in [0.2, 0.25) is 0 Å². The number of anilines is 1. The predicted molar refractivity (Wildman–Crippen MR) is 78.6 cm³/mol. The molecular formula is C15H20N2O2. The van der Waals surface area contributed by atoms with Gasteiger partial charge in [0.15, 0.2) is 0 Å². The first-order valence-corrected chi connectivity index (χ1v) is 6.63. The second-order valence-electron chi connectivity index (χ2n) is 4.73. The van der Waals surface area contributed by atoms with E-state index in [0.29, 0.717) is 6.42 Å². The summed E-state index contributed by atoms with van der Waals surface area (Å²) in [5.74, 6) is 0. The van der Waals surface area contributed by atoms with Gasteiger partial charge in [0, 0.05) is 36.8 Å². The highest BCUT2D eigenvalue weighted by molar-refractivity contribution is 5.91. The van der Waals surface area contributed by atoms with Gasteiger partial charge in [-0.1, -0.05) is 25.1 Å². The van der Waals surface area contributed by atoms with Crippen molar-refractivity contribution in [3.05, 3.63) is 40.7 Å². The Balaban J connectivity index is 2.48. The standard InChI is InChI=1S/C15H20N2O2/c1-3-11(8-9-18)16-13-10-15(19)17(2)14-7-5-4-6-12(13)14/h4-7,10-11,16,18H,3,8-9H2,1-2H3. The molecule has 0 spiro atoms. The SMILES string of the molecule is CCC(CCO)Nc1cc(=O)n(C)c2ccccc12. The van der Waals surface area contributed by atoms with Crippen molar-refractivity contribution in [2.75, 3.05) is 11.9 Å². The van der Waals surface area contributed by atoms with E-state index in [0.717, 1.165) is 23.0 Å². The lowest BCUT2D eigenvalue weighted by Gasteiger charge is -2.19. The first-order valence-electron chi connectivity index (χ1n) is 6.63. The number of pyridine rings is 1. The first-order chi connectivity index (χ1) is 9.17. The van der Waals surface area contributed by atoms with Crippen LogP contribution in [0.1, 0.15) is 19.8 Å². The summed E-state index contributed by atoms with van der Waals surface area (Å²) in [4.78, 5) is 12.0. The van der Waals surface area contributed by atoms with Gasteiger partial charge in [0.25, 0.3) is 5.56 Å². The van der Waals surface area contributed by atoms with Gasteiger partial charge in [-0.15, -0.1) is 0 Å². The minimum atomic E-state index is -0.0277. The lowest BCUT2D eigenvalue weighted by molar-refractivity contribution is 0.278. The Morgan fingerprint density at radius 2 is 2.11 bits per heavy atom. The number of aliphatic hydroxyl groups excluding tert-OH is 1. The Morgan fingerprint density at radius 3 is 2.79 bits per heavy atom. The van der Waals surface area contributed by atoms with Crippen LogP contribution >= 0.6 is 0 Å². The second-order valence-corrected chi connectivity index (χ2v) is 4.73. The maximum absolute atomic E-state index is 12.0. The fourth-order valence-corrected chi connectivity index (χ4v) is 2.28. The Morgan fingerprint density at radius 1 is 1.37 bits per heavy atom. The van der Waals surface area contributed by atoms with Crippen molar-refractivity contribution in [1.29, 1.82) is 0 Å². The molecular weight excluding hydrogens is 240 g/mol. The molecule has 2 aromatic rings. The van der Waals surface area contributed by atoms with Gasteiger partial charge in [0.1, 0.15) is 0 Å². The van der Waals surface area contributed by atoms with Crippen molar-refractivity contribution in [3.63, 3.8) is 0 Å². The van der Waals surface area contributed by atoms with E-state index in [2.05, 4.69) is 12.2 Å². The molecule has 0 aliphatic heterocycles. The zero-order chi connectivity index (χ0) is 13.8. The van der Waals surface area contributed by atoms with Crippen LogP contribution < -0.4 is 10.9 Å². The molecule has 0 bridgehead atoms. The molecule has 0 radical (unpaired) electrons. The molecule has 0 saturated carbocycles. The molecule has 19 heavy (non-hydrogen) atoms. The van der Waals surface area contributed by atoms with Crippen molar-refractivity contribution in [2.45, 2.75) is 25.8 Å². The summed E-state index contributed by atoms with van der Waals surface area (Å²) in [6.45, 7) is 2.21. The molecule has 0 fully saturated rings. The van der Waals surface area contributed by atoms with Gasteiger partial charge in [0.05, 0.1) is 5.52 Å². The van der Waals surface area contributed by atoms with E-state index < -0.39 is 0 Å². The van der Waals surface area contributed by atoms with Gasteiger partial charge in [-0.3, -0.25) is 4.79 Å². The fraction of sp³-hybridized carbons (Fsp3) is 0.400. The molecule has 2 N–H and O–H groups in total. The number of aliphatic hydroxyl groups is 1. The molecule has 2 rings (SSSR count). The van der Waals surface area contributed by atoms with Crippen molar-refractivity contribution in [3.8, 4) is 0 Å². The fourth-order valence-electron chi connectivity index (χ4n) is 2.28. The van der Waals surface area contributed by atoms with Crippen LogP contribution in [0.25, 0.3) is 10.9 Å². The quantitative estimate of drug-likeness (QED) is 0.865. The molecule has 1 heterocycles. The molecule has 0 aliphatic rings. The summed E-state index contributed by atoms with van der Waals surface area (Å²) < 4.78 is 1.65. The number of aryl methyl sites for hydroxylation is 1. The normalized spacial score (nSPS) is 12.6. The van der Waals surface area contributed by atoms with Gasteiger partial charge in [-0.25, -0.2) is 0 Å². The number of rotatable bonds is 5. The van der Waals surface area contributed by atoms with Crippen LogP contribution in [0.4, 0.5) is 5.69 Å². The highest BCUT2D eigenvalue weighted by Gasteiger charge is 2.10. The van der Waals surface area contributed by atoms with Gasteiger partial charge >= 0.3 is 0 Å². The first kappa shape index (κ1) is 13.6. The minimum absolute atomic E-state index is 0.0277. The van der Waals surface area contributed by atoms with Gasteiger partial charge < -0.3 is 15.0 Å². The van der Waals surface area contributed by atoms with E-state index in [1.54, 1.807) is 17.7 Å². The van der Waals surface area contributed by atoms with Crippen LogP contribution in [0.2, 0.25) is 0 Å². The van der Waals surface area contributed by atoms with Crippen LogP contribution in [0.15, 0.2) is 35.1 Å². The van der Waals surface area contributed by atoms with Crippen LogP contribution in [-0.2, 0) is 7.05 Å². The molecule has 102 valence electrons. The van der Waals surface area contributed by atoms with E-state index >= 15 is 0 Å². The summed E-state index contributed by atoms with van der Waals surface area (Å²) in [5.41, 5.74) is 1.73. The third-order valence-electron chi connectivity index (χ3n) is 3.48. The zero-order valence-corrected chi connectivity index (χ0v) is 11.4. The summed E-state index contributed by atoms with van der Waals surface area (Å²) in [6, 6.07) is 9.64. The van der Waals surface area contributed by atoms with E-state index in [9.17, 15) is 4.79 Å². The lowest BCUT2D eigenvalue weighted by Crippen LogP contribution is -2.23. The van der Waals surface area contributed by atoms with Crippen molar-refractivity contribution in [1.82, 2.24) is 4.57 Å². The van der Waals surface area contributed by atoms with Crippen LogP contribution in [0, 0.1) is 0 Å². The molecule has 0 amide bonds. The highest BCUT2D eigenvalue weighted by Crippen LogP contribution is 2.22. The molecule has 4 heteroatoms. The Bertz CT molecular complexity index is 619. The average Bonchev–Trinajstić information content (AvgIpc) is 2.44. The zero-order valence-electron chi connectivity index (χ0n) is 11.4. The monoisotopic (exact) mass is 260 g/mol. The Labute approximate surface area is 112 Å². The molecule has 1 atom stereocenters. The molecule has 4 nitrogen and oxygen atoms in total. The largest absolute Gasteiger partial charge is 0.396 e. The number of aromatic nitrogens is 1. The topological polar surface area (TPSA) is 54.3 Å². The summed E-state index contributed by atoms with van der Waals surface area (Å²) >= 11 is 0. The van der Waals surface area contributed by atoms with Crippen LogP contribution in [0.5, 0.6) is 0 Å². The smallest absolute Gasteiger partial charge is 0.252 e.